The smallest absolute Gasteiger partial charge is 0.164 e. The summed E-state index contributed by atoms with van der Waals surface area (Å²) in [6.07, 6.45) is 0. The summed E-state index contributed by atoms with van der Waals surface area (Å²) in [4.78, 5) is 14.9. The van der Waals surface area contributed by atoms with Crippen molar-refractivity contribution in [3.8, 4) is 56.7 Å². The fourth-order valence-corrected chi connectivity index (χ4v) is 8.30. The van der Waals surface area contributed by atoms with Crippen molar-refractivity contribution in [2.24, 2.45) is 0 Å². The largest absolute Gasteiger partial charge is 0.309 e. The van der Waals surface area contributed by atoms with Gasteiger partial charge in [-0.25, -0.2) is 15.0 Å². The monoisotopic (exact) mass is 715 g/mol. The van der Waals surface area contributed by atoms with E-state index in [4.69, 9.17) is 15.0 Å². The molecule has 5 nitrogen and oxygen atoms in total. The highest BCUT2D eigenvalue weighted by Gasteiger charge is 2.21. The van der Waals surface area contributed by atoms with Gasteiger partial charge in [0.25, 0.3) is 0 Å². The first-order chi connectivity index (χ1) is 27.8. The van der Waals surface area contributed by atoms with Gasteiger partial charge < -0.3 is 9.13 Å². The van der Waals surface area contributed by atoms with Crippen molar-refractivity contribution < 1.29 is 0 Å². The maximum absolute atomic E-state index is 4.99. The van der Waals surface area contributed by atoms with Gasteiger partial charge in [-0.1, -0.05) is 146 Å². The zero-order chi connectivity index (χ0) is 37.0. The molecular formula is C51H33N5. The summed E-state index contributed by atoms with van der Waals surface area (Å²) in [5.74, 6) is 1.93. The molecule has 0 radical (unpaired) electrons. The highest BCUT2D eigenvalue weighted by atomic mass is 15.0. The normalized spacial score (nSPS) is 11.6. The van der Waals surface area contributed by atoms with Gasteiger partial charge in [-0.3, -0.25) is 0 Å². The molecule has 0 spiro atoms. The van der Waals surface area contributed by atoms with E-state index in [1.54, 1.807) is 0 Å². The molecule has 11 rings (SSSR count). The van der Waals surface area contributed by atoms with E-state index in [9.17, 15) is 0 Å². The van der Waals surface area contributed by atoms with Gasteiger partial charge in [-0.05, 0) is 60.2 Å². The van der Waals surface area contributed by atoms with Crippen LogP contribution < -0.4 is 0 Å². The van der Waals surface area contributed by atoms with Crippen molar-refractivity contribution in [1.29, 1.82) is 0 Å². The molecule has 3 aromatic heterocycles. The quantitative estimate of drug-likeness (QED) is 0.172. The molecule has 0 unspecified atom stereocenters. The van der Waals surface area contributed by atoms with Gasteiger partial charge in [0.1, 0.15) is 0 Å². The molecule has 0 aliphatic carbocycles. The Morgan fingerprint density at radius 3 is 1.38 bits per heavy atom. The van der Waals surface area contributed by atoms with Crippen LogP contribution in [0, 0.1) is 0 Å². The molecule has 262 valence electrons. The summed E-state index contributed by atoms with van der Waals surface area (Å²) >= 11 is 0. The third-order valence-electron chi connectivity index (χ3n) is 10.8. The van der Waals surface area contributed by atoms with E-state index >= 15 is 0 Å². The average Bonchev–Trinajstić information content (AvgIpc) is 3.81. The van der Waals surface area contributed by atoms with E-state index in [2.05, 4.69) is 149 Å². The van der Waals surface area contributed by atoms with Gasteiger partial charge in [0.05, 0.1) is 22.1 Å². The SMILES string of the molecule is c1ccc(-c2nc(-c3ccccc3)nc(-c3ccc(-n4c5ccccc5c5cccc(-c6cccc7c6c6ccccc6n7-c6ccccc6)c54)cc3)n2)cc1. The topological polar surface area (TPSA) is 48.5 Å². The Balaban J connectivity index is 1.12. The molecule has 11 aromatic rings. The molecule has 56 heavy (non-hydrogen) atoms. The van der Waals surface area contributed by atoms with Crippen LogP contribution in [0.4, 0.5) is 0 Å². The molecule has 0 aliphatic heterocycles. The number of para-hydroxylation sites is 4. The minimum atomic E-state index is 0.633. The van der Waals surface area contributed by atoms with E-state index in [1.165, 1.54) is 49.2 Å². The Hall–Kier alpha value is -7.63. The highest BCUT2D eigenvalue weighted by molar-refractivity contribution is 6.20. The average molecular weight is 716 g/mol. The molecule has 0 saturated heterocycles. The molecular weight excluding hydrogens is 683 g/mol. The molecule has 5 heteroatoms. The summed E-state index contributed by atoms with van der Waals surface area (Å²) in [5, 5.41) is 4.89. The first kappa shape index (κ1) is 31.9. The van der Waals surface area contributed by atoms with E-state index < -0.39 is 0 Å². The summed E-state index contributed by atoms with van der Waals surface area (Å²) in [6.45, 7) is 0. The summed E-state index contributed by atoms with van der Waals surface area (Å²) < 4.78 is 4.80. The number of nitrogens with zero attached hydrogens (tertiary/aromatic N) is 5. The number of rotatable bonds is 6. The molecule has 8 aromatic carbocycles. The predicted molar refractivity (Wildman–Crippen MR) is 230 cm³/mol. The van der Waals surface area contributed by atoms with Crippen LogP contribution in [-0.4, -0.2) is 24.1 Å². The molecule has 0 saturated carbocycles. The van der Waals surface area contributed by atoms with Crippen LogP contribution in [0.1, 0.15) is 0 Å². The number of hydrogen-bond donors (Lipinski definition) is 0. The maximum atomic E-state index is 4.99. The minimum absolute atomic E-state index is 0.633. The van der Waals surface area contributed by atoms with Crippen LogP contribution in [-0.2, 0) is 0 Å². The lowest BCUT2D eigenvalue weighted by Crippen LogP contribution is -2.00. The van der Waals surface area contributed by atoms with Gasteiger partial charge in [0, 0.05) is 55.2 Å². The van der Waals surface area contributed by atoms with E-state index in [-0.39, 0.29) is 0 Å². The summed E-state index contributed by atoms with van der Waals surface area (Å²) in [7, 11) is 0. The van der Waals surface area contributed by atoms with Crippen LogP contribution in [0.3, 0.4) is 0 Å². The fraction of sp³-hybridized carbons (Fsp3) is 0. The molecule has 0 fully saturated rings. The predicted octanol–water partition coefficient (Wildman–Crippen LogP) is 12.7. The van der Waals surface area contributed by atoms with Crippen molar-refractivity contribution in [1.82, 2.24) is 24.1 Å². The number of fused-ring (bicyclic) bond motifs is 6. The maximum Gasteiger partial charge on any atom is 0.164 e. The number of hydrogen-bond acceptors (Lipinski definition) is 3. The van der Waals surface area contributed by atoms with Crippen molar-refractivity contribution >= 4 is 43.6 Å². The van der Waals surface area contributed by atoms with Crippen LogP contribution in [0.15, 0.2) is 200 Å². The minimum Gasteiger partial charge on any atom is -0.309 e. The van der Waals surface area contributed by atoms with Crippen LogP contribution in [0.2, 0.25) is 0 Å². The molecule has 0 atom stereocenters. The van der Waals surface area contributed by atoms with Crippen molar-refractivity contribution in [3.63, 3.8) is 0 Å². The molecule has 0 bridgehead atoms. The molecule has 3 heterocycles. The fourth-order valence-electron chi connectivity index (χ4n) is 8.30. The van der Waals surface area contributed by atoms with Crippen molar-refractivity contribution in [2.75, 3.05) is 0 Å². The zero-order valence-corrected chi connectivity index (χ0v) is 30.3. The van der Waals surface area contributed by atoms with E-state index in [0.29, 0.717) is 17.5 Å². The third kappa shape index (κ3) is 5.13. The zero-order valence-electron chi connectivity index (χ0n) is 30.3. The van der Waals surface area contributed by atoms with Gasteiger partial charge in [-0.2, -0.15) is 0 Å². The van der Waals surface area contributed by atoms with E-state index in [0.717, 1.165) is 33.6 Å². The van der Waals surface area contributed by atoms with Crippen molar-refractivity contribution in [2.45, 2.75) is 0 Å². The second-order valence-corrected chi connectivity index (χ2v) is 14.0. The first-order valence-electron chi connectivity index (χ1n) is 18.9. The summed E-state index contributed by atoms with van der Waals surface area (Å²) in [5.41, 5.74) is 12.1. The lowest BCUT2D eigenvalue weighted by atomic mass is 9.97. The molecule has 0 amide bonds. The molecule has 0 aliphatic rings. The van der Waals surface area contributed by atoms with Gasteiger partial charge in [0.15, 0.2) is 17.5 Å². The third-order valence-corrected chi connectivity index (χ3v) is 10.8. The lowest BCUT2D eigenvalue weighted by molar-refractivity contribution is 1.07. The van der Waals surface area contributed by atoms with Gasteiger partial charge in [0.2, 0.25) is 0 Å². The van der Waals surface area contributed by atoms with E-state index in [1.807, 2.05) is 60.7 Å². The van der Waals surface area contributed by atoms with Gasteiger partial charge >= 0.3 is 0 Å². The van der Waals surface area contributed by atoms with Crippen molar-refractivity contribution in [3.05, 3.63) is 200 Å². The Morgan fingerprint density at radius 2 is 0.732 bits per heavy atom. The second kappa shape index (κ2) is 13.0. The highest BCUT2D eigenvalue weighted by Crippen LogP contribution is 2.43. The first-order valence-corrected chi connectivity index (χ1v) is 18.9. The standard InChI is InChI=1S/C51H33N5/c1-4-16-34(17-5-1)49-52-50(35-18-6-2-7-19-35)54-51(53-49)36-30-32-38(33-31-36)56-44-27-12-10-22-39(44)41-25-14-26-42(48(41)56)40-24-15-29-46-47(40)43-23-11-13-28-45(43)55(46)37-20-8-3-9-21-37/h1-33H. The lowest BCUT2D eigenvalue weighted by Gasteiger charge is -2.14. The number of benzene rings is 8. The second-order valence-electron chi connectivity index (χ2n) is 14.0. The Labute approximate surface area is 323 Å². The Bertz CT molecular complexity index is 3160. The van der Waals surface area contributed by atoms with Crippen LogP contribution >= 0.6 is 0 Å². The number of aromatic nitrogens is 5. The Kier molecular flexibility index (Phi) is 7.42. The summed E-state index contributed by atoms with van der Waals surface area (Å²) in [6, 6.07) is 70.4. The van der Waals surface area contributed by atoms with Gasteiger partial charge in [-0.15, -0.1) is 0 Å². The molecule has 0 N–H and O–H groups in total. The van der Waals surface area contributed by atoms with Crippen LogP contribution in [0.5, 0.6) is 0 Å². The van der Waals surface area contributed by atoms with Crippen LogP contribution in [0.25, 0.3) is 100 Å². The Morgan fingerprint density at radius 1 is 0.286 bits per heavy atom.